The van der Waals surface area contributed by atoms with Crippen LogP contribution in [0.5, 0.6) is 5.75 Å². The van der Waals surface area contributed by atoms with Gasteiger partial charge in [-0.3, -0.25) is 14.4 Å². The standard InChI is InChI=1S/C19H24N2O7/c1-11(2)8-13(19(25)26-3)20-16(22)10-27-17(23)9-15-18(24)21-12-6-4-5-7-14(12)28-15/h4-7,11,13,15H,8-10H2,1-3H3,(H,20,22)(H,21,24)/t13-,15+/m0/s1. The van der Waals surface area contributed by atoms with Gasteiger partial charge in [0.25, 0.3) is 11.8 Å². The average Bonchev–Trinajstić information content (AvgIpc) is 2.65. The Bertz CT molecular complexity index is 748. The van der Waals surface area contributed by atoms with Crippen molar-refractivity contribution in [3.63, 3.8) is 0 Å². The lowest BCUT2D eigenvalue weighted by molar-refractivity contribution is -0.152. The first-order valence-corrected chi connectivity index (χ1v) is 8.89. The van der Waals surface area contributed by atoms with Crippen molar-refractivity contribution in [2.75, 3.05) is 19.0 Å². The highest BCUT2D eigenvalue weighted by atomic mass is 16.5. The van der Waals surface area contributed by atoms with Crippen LogP contribution in [0.15, 0.2) is 24.3 Å². The highest BCUT2D eigenvalue weighted by molar-refractivity contribution is 5.99. The molecule has 0 radical (unpaired) electrons. The molecule has 1 aromatic rings. The Balaban J connectivity index is 1.82. The molecule has 152 valence electrons. The molecule has 2 atom stereocenters. The van der Waals surface area contributed by atoms with Crippen molar-refractivity contribution >= 4 is 29.4 Å². The van der Waals surface area contributed by atoms with Crippen LogP contribution in [0.25, 0.3) is 0 Å². The molecule has 9 heteroatoms. The largest absolute Gasteiger partial charge is 0.478 e. The van der Waals surface area contributed by atoms with Gasteiger partial charge in [-0.05, 0) is 24.5 Å². The third-order valence-electron chi connectivity index (χ3n) is 3.95. The number of para-hydroxylation sites is 2. The lowest BCUT2D eigenvalue weighted by Crippen LogP contribution is -2.44. The van der Waals surface area contributed by atoms with Crippen LogP contribution < -0.4 is 15.4 Å². The Hall–Kier alpha value is -3.10. The fourth-order valence-corrected chi connectivity index (χ4v) is 2.65. The molecule has 2 amide bonds. The lowest BCUT2D eigenvalue weighted by atomic mass is 10.0. The van der Waals surface area contributed by atoms with Gasteiger partial charge in [-0.25, -0.2) is 4.79 Å². The van der Waals surface area contributed by atoms with Gasteiger partial charge in [-0.2, -0.15) is 0 Å². The van der Waals surface area contributed by atoms with E-state index < -0.39 is 42.5 Å². The summed E-state index contributed by atoms with van der Waals surface area (Å²) in [4.78, 5) is 47.7. The normalized spacial score (nSPS) is 16.3. The van der Waals surface area contributed by atoms with Crippen LogP contribution in [0.3, 0.4) is 0 Å². The van der Waals surface area contributed by atoms with Crippen LogP contribution in [-0.4, -0.2) is 49.6 Å². The number of benzene rings is 1. The number of rotatable bonds is 8. The van der Waals surface area contributed by atoms with Gasteiger partial charge in [-0.15, -0.1) is 0 Å². The molecule has 0 saturated carbocycles. The number of hydrogen-bond acceptors (Lipinski definition) is 7. The maximum absolute atomic E-state index is 12.0. The zero-order valence-corrected chi connectivity index (χ0v) is 16.0. The number of hydrogen-bond donors (Lipinski definition) is 2. The summed E-state index contributed by atoms with van der Waals surface area (Å²) in [7, 11) is 1.23. The quantitative estimate of drug-likeness (QED) is 0.634. The molecule has 0 unspecified atom stereocenters. The molecule has 2 N–H and O–H groups in total. The van der Waals surface area contributed by atoms with E-state index >= 15 is 0 Å². The Morgan fingerprint density at radius 1 is 1.25 bits per heavy atom. The second-order valence-electron chi connectivity index (χ2n) is 6.73. The van der Waals surface area contributed by atoms with Gasteiger partial charge < -0.3 is 24.8 Å². The van der Waals surface area contributed by atoms with Gasteiger partial charge in [0.1, 0.15) is 11.8 Å². The minimum absolute atomic E-state index is 0.150. The summed E-state index contributed by atoms with van der Waals surface area (Å²) >= 11 is 0. The molecular weight excluding hydrogens is 368 g/mol. The van der Waals surface area contributed by atoms with E-state index in [1.165, 1.54) is 7.11 Å². The molecule has 28 heavy (non-hydrogen) atoms. The molecule has 1 aliphatic rings. The predicted octanol–water partition coefficient (Wildman–Crippen LogP) is 1.02. The Kier molecular flexibility index (Phi) is 7.36. The van der Waals surface area contributed by atoms with Crippen molar-refractivity contribution < 1.29 is 33.4 Å². The Labute approximate surface area is 162 Å². The van der Waals surface area contributed by atoms with E-state index in [0.29, 0.717) is 17.9 Å². The van der Waals surface area contributed by atoms with Crippen molar-refractivity contribution in [3.05, 3.63) is 24.3 Å². The number of carbonyl (C=O) groups excluding carboxylic acids is 4. The Morgan fingerprint density at radius 2 is 1.96 bits per heavy atom. The van der Waals surface area contributed by atoms with Gasteiger partial charge in [-0.1, -0.05) is 26.0 Å². The van der Waals surface area contributed by atoms with Crippen molar-refractivity contribution in [2.24, 2.45) is 5.92 Å². The van der Waals surface area contributed by atoms with Crippen LogP contribution >= 0.6 is 0 Å². The predicted molar refractivity (Wildman–Crippen MR) is 98.5 cm³/mol. The van der Waals surface area contributed by atoms with Crippen molar-refractivity contribution in [3.8, 4) is 5.75 Å². The Morgan fingerprint density at radius 3 is 2.64 bits per heavy atom. The summed E-state index contributed by atoms with van der Waals surface area (Å²) < 4.78 is 15.1. The third kappa shape index (κ3) is 5.97. The number of ether oxygens (including phenoxy) is 3. The number of anilines is 1. The maximum Gasteiger partial charge on any atom is 0.328 e. The lowest BCUT2D eigenvalue weighted by Gasteiger charge is -2.25. The third-order valence-corrected chi connectivity index (χ3v) is 3.95. The van der Waals surface area contributed by atoms with Crippen molar-refractivity contribution in [1.82, 2.24) is 5.32 Å². The number of methoxy groups -OCH3 is 1. The van der Waals surface area contributed by atoms with E-state index in [2.05, 4.69) is 15.4 Å². The van der Waals surface area contributed by atoms with Gasteiger partial charge >= 0.3 is 11.9 Å². The van der Waals surface area contributed by atoms with Crippen molar-refractivity contribution in [2.45, 2.75) is 38.8 Å². The molecule has 0 spiro atoms. The van der Waals surface area contributed by atoms with Crippen LogP contribution in [0.1, 0.15) is 26.7 Å². The topological polar surface area (TPSA) is 120 Å². The van der Waals surface area contributed by atoms with Crippen LogP contribution in [0.4, 0.5) is 5.69 Å². The minimum atomic E-state index is -1.05. The van der Waals surface area contributed by atoms with Crippen LogP contribution in [0.2, 0.25) is 0 Å². The summed E-state index contributed by atoms with van der Waals surface area (Å²) in [5.74, 6) is -1.84. The van der Waals surface area contributed by atoms with Crippen LogP contribution in [-0.2, 0) is 28.7 Å². The monoisotopic (exact) mass is 392 g/mol. The van der Waals surface area contributed by atoms with Gasteiger partial charge in [0.2, 0.25) is 0 Å². The van der Waals surface area contributed by atoms with Gasteiger partial charge in [0.05, 0.1) is 19.2 Å². The summed E-state index contributed by atoms with van der Waals surface area (Å²) in [5.41, 5.74) is 0.524. The average molecular weight is 392 g/mol. The molecule has 0 saturated heterocycles. The molecule has 2 rings (SSSR count). The molecule has 0 aliphatic carbocycles. The molecule has 0 fully saturated rings. The summed E-state index contributed by atoms with van der Waals surface area (Å²) in [6.07, 6.45) is -1.00. The minimum Gasteiger partial charge on any atom is -0.478 e. The number of carbonyl (C=O) groups is 4. The van der Waals surface area contributed by atoms with E-state index in [4.69, 9.17) is 9.47 Å². The number of esters is 2. The SMILES string of the molecule is COC(=O)[C@H](CC(C)C)NC(=O)COC(=O)C[C@H]1Oc2ccccc2NC1=O. The first-order valence-electron chi connectivity index (χ1n) is 8.89. The zero-order chi connectivity index (χ0) is 20.7. The molecule has 1 aliphatic heterocycles. The van der Waals surface area contributed by atoms with Crippen molar-refractivity contribution in [1.29, 1.82) is 0 Å². The van der Waals surface area contributed by atoms with E-state index in [9.17, 15) is 19.2 Å². The number of amides is 2. The second kappa shape index (κ2) is 9.72. The highest BCUT2D eigenvalue weighted by Gasteiger charge is 2.30. The zero-order valence-electron chi connectivity index (χ0n) is 16.0. The molecule has 1 aromatic carbocycles. The van der Waals surface area contributed by atoms with Gasteiger partial charge in [0.15, 0.2) is 12.7 Å². The van der Waals surface area contributed by atoms with E-state index in [0.717, 1.165) is 0 Å². The fourth-order valence-electron chi connectivity index (χ4n) is 2.65. The fraction of sp³-hybridized carbons (Fsp3) is 0.474. The molecule has 0 bridgehead atoms. The van der Waals surface area contributed by atoms with Gasteiger partial charge in [0, 0.05) is 0 Å². The van der Waals surface area contributed by atoms with Crippen LogP contribution in [0, 0.1) is 5.92 Å². The summed E-state index contributed by atoms with van der Waals surface area (Å²) in [6, 6.07) is 6.02. The smallest absolute Gasteiger partial charge is 0.328 e. The first-order chi connectivity index (χ1) is 13.3. The van der Waals surface area contributed by atoms with E-state index in [-0.39, 0.29) is 12.3 Å². The number of fused-ring (bicyclic) bond motifs is 1. The van der Waals surface area contributed by atoms with E-state index in [1.54, 1.807) is 24.3 Å². The van der Waals surface area contributed by atoms with E-state index in [1.807, 2.05) is 13.8 Å². The second-order valence-corrected chi connectivity index (χ2v) is 6.73. The summed E-state index contributed by atoms with van der Waals surface area (Å²) in [5, 5.41) is 5.12. The molecule has 1 heterocycles. The molecular formula is C19H24N2O7. The number of nitrogens with one attached hydrogen (secondary N) is 2. The first kappa shape index (κ1) is 21.2. The highest BCUT2D eigenvalue weighted by Crippen LogP contribution is 2.29. The summed E-state index contributed by atoms with van der Waals surface area (Å²) in [6.45, 7) is 3.22. The molecule has 0 aromatic heterocycles. The molecule has 9 nitrogen and oxygen atoms in total. The maximum atomic E-state index is 12.0.